The molecule has 0 saturated heterocycles. The van der Waals surface area contributed by atoms with Gasteiger partial charge < -0.3 is 0 Å². The number of hydrogen-bond donors (Lipinski definition) is 0. The highest BCUT2D eigenvalue weighted by molar-refractivity contribution is 6.04. The van der Waals surface area contributed by atoms with Crippen molar-refractivity contribution < 1.29 is 0 Å². The largest absolute Gasteiger partial charge is 0.265 e. The van der Waals surface area contributed by atoms with Crippen molar-refractivity contribution in [3.63, 3.8) is 0 Å². The summed E-state index contributed by atoms with van der Waals surface area (Å²) in [4.78, 5) is 53.0. The minimum atomic E-state index is 0.647. The van der Waals surface area contributed by atoms with Crippen LogP contribution in [-0.4, -0.2) is 54.8 Å². The highest BCUT2D eigenvalue weighted by Gasteiger charge is 2.22. The zero-order chi connectivity index (χ0) is 87.9. The molecule has 11 nitrogen and oxygen atoms in total. The molecule has 618 valence electrons. The number of rotatable bonds is 15. The third-order valence-electron chi connectivity index (χ3n) is 24.3. The quantitative estimate of drug-likeness (QED) is 0.0968. The molecule has 24 rings (SSSR count). The van der Waals surface area contributed by atoms with Crippen LogP contribution in [0.4, 0.5) is 0 Å². The van der Waals surface area contributed by atoms with E-state index in [1.54, 1.807) is 12.4 Å². The van der Waals surface area contributed by atoms with E-state index in [1.807, 2.05) is 98.1 Å². The van der Waals surface area contributed by atoms with Crippen molar-refractivity contribution >= 4 is 64.6 Å². The van der Waals surface area contributed by atoms with Gasteiger partial charge in [-0.05, 0) is 249 Å². The summed E-state index contributed by atoms with van der Waals surface area (Å²) < 4.78 is 0. The van der Waals surface area contributed by atoms with Crippen molar-refractivity contribution in [1.29, 1.82) is 0 Å². The van der Waals surface area contributed by atoms with Gasteiger partial charge in [-0.1, -0.05) is 279 Å². The van der Waals surface area contributed by atoms with Crippen LogP contribution >= 0.6 is 0 Å². The van der Waals surface area contributed by atoms with Crippen LogP contribution in [0, 0.1) is 0 Å². The molecule has 0 bridgehead atoms. The molecule has 0 aliphatic rings. The van der Waals surface area contributed by atoms with Crippen molar-refractivity contribution in [2.24, 2.45) is 0 Å². The van der Waals surface area contributed by atoms with Crippen LogP contribution in [0.3, 0.4) is 0 Å². The van der Waals surface area contributed by atoms with E-state index in [2.05, 4.69) is 400 Å². The summed E-state index contributed by atoms with van der Waals surface area (Å²) in [5, 5.41) is 14.1. The fraction of sp³-hybridized carbons (Fsp3) is 0. The predicted octanol–water partition coefficient (Wildman–Crippen LogP) is 30.3. The highest BCUT2D eigenvalue weighted by atomic mass is 14.9. The first-order valence-electron chi connectivity index (χ1n) is 44.0. The van der Waals surface area contributed by atoms with Crippen LogP contribution in [-0.2, 0) is 0 Å². The fourth-order valence-electron chi connectivity index (χ4n) is 17.9. The van der Waals surface area contributed by atoms with Gasteiger partial charge in [0.2, 0.25) is 0 Å². The Bertz CT molecular complexity index is 7120. The molecule has 9 aromatic heterocycles. The highest BCUT2D eigenvalue weighted by Crippen LogP contribution is 2.44. The lowest BCUT2D eigenvalue weighted by Gasteiger charge is -2.15. The van der Waals surface area contributed by atoms with Crippen LogP contribution < -0.4 is 0 Å². The Hall–Kier alpha value is -17.9. The SMILES string of the molecule is c1ccc(-c2cc(-c3ccccn3)cc(-c3nc(-c4cccc5ccccc45)cc(-c4cccc5ccccc45)n3)c2)nc1.c1ccc2c(-c3cc(-c4cc(-c5ccncc5)cc(-c5ccncc5)c4)nc(-c4cccc5ccccc45)c3)cccc2c1.c1cncc(-c2cc(-c3cccnc3)cc(-c3cc(-c4cccc5ccccc45)nc(-c4cccc5ccccc45)n3)c2)c1. The Labute approximate surface area is 763 Å². The van der Waals surface area contributed by atoms with Gasteiger partial charge in [-0.25, -0.2) is 24.9 Å². The van der Waals surface area contributed by atoms with Gasteiger partial charge in [0.25, 0.3) is 0 Å². The molecule has 0 unspecified atom stereocenters. The van der Waals surface area contributed by atoms with Gasteiger partial charge in [0, 0.05) is 129 Å². The predicted molar refractivity (Wildman–Crippen MR) is 542 cm³/mol. The number of fused-ring (bicyclic) bond motifs is 6. The second kappa shape index (κ2) is 36.2. The third kappa shape index (κ3) is 16.7. The summed E-state index contributed by atoms with van der Waals surface area (Å²) in [6.45, 7) is 0. The summed E-state index contributed by atoms with van der Waals surface area (Å²) in [5.41, 5.74) is 28.3. The maximum atomic E-state index is 5.37. The van der Waals surface area contributed by atoms with Gasteiger partial charge in [-0.15, -0.1) is 0 Å². The number of aromatic nitrogens is 11. The Morgan fingerprint density at radius 3 is 0.811 bits per heavy atom. The summed E-state index contributed by atoms with van der Waals surface area (Å²) in [7, 11) is 0. The van der Waals surface area contributed by atoms with E-state index >= 15 is 0 Å². The molecule has 0 fully saturated rings. The molecule has 0 radical (unpaired) electrons. The lowest BCUT2D eigenvalue weighted by atomic mass is 9.92. The number of benzene rings is 15. The molecule has 0 atom stereocenters. The van der Waals surface area contributed by atoms with E-state index in [4.69, 9.17) is 24.9 Å². The van der Waals surface area contributed by atoms with E-state index < -0.39 is 0 Å². The normalized spacial score (nSPS) is 11.2. The van der Waals surface area contributed by atoms with Gasteiger partial charge in [0.15, 0.2) is 11.6 Å². The van der Waals surface area contributed by atoms with E-state index in [0.29, 0.717) is 11.6 Å². The molecule has 132 heavy (non-hydrogen) atoms. The Kier molecular flexibility index (Phi) is 21.9. The first kappa shape index (κ1) is 79.9. The maximum absolute atomic E-state index is 5.37. The van der Waals surface area contributed by atoms with Crippen molar-refractivity contribution in [3.05, 3.63) is 481 Å². The molecule has 0 amide bonds. The number of pyridine rings is 7. The summed E-state index contributed by atoms with van der Waals surface area (Å²) in [6.07, 6.45) is 18.4. The molecular weight excluding hydrogens is 1610 g/mol. The Morgan fingerprint density at radius 2 is 0.417 bits per heavy atom. The van der Waals surface area contributed by atoms with E-state index in [1.165, 1.54) is 43.3 Å². The van der Waals surface area contributed by atoms with Gasteiger partial charge >= 0.3 is 0 Å². The molecule has 9 heterocycles. The topological polar surface area (TPSA) is 142 Å². The summed E-state index contributed by atoms with van der Waals surface area (Å²) in [6, 6.07) is 146. The van der Waals surface area contributed by atoms with E-state index in [-0.39, 0.29) is 0 Å². The monoisotopic (exact) mass is 1690 g/mol. The summed E-state index contributed by atoms with van der Waals surface area (Å²) >= 11 is 0. The molecule has 15 aromatic carbocycles. The van der Waals surface area contributed by atoms with Gasteiger partial charge in [-0.3, -0.25) is 29.9 Å². The first-order chi connectivity index (χ1) is 65.4. The zero-order valence-corrected chi connectivity index (χ0v) is 71.5. The van der Waals surface area contributed by atoms with Crippen molar-refractivity contribution in [1.82, 2.24) is 54.8 Å². The molecule has 11 heteroatoms. The molecule has 0 saturated carbocycles. The van der Waals surface area contributed by atoms with Crippen LogP contribution in [0.5, 0.6) is 0 Å². The van der Waals surface area contributed by atoms with Gasteiger partial charge in [-0.2, -0.15) is 0 Å². The fourth-order valence-corrected chi connectivity index (χ4v) is 17.9. The number of hydrogen-bond acceptors (Lipinski definition) is 11. The number of nitrogens with zero attached hydrogens (tertiary/aromatic N) is 11. The molecule has 0 aliphatic carbocycles. The van der Waals surface area contributed by atoms with Gasteiger partial charge in [0.1, 0.15) is 0 Å². The third-order valence-corrected chi connectivity index (χ3v) is 24.3. The second-order valence-corrected chi connectivity index (χ2v) is 32.5. The maximum Gasteiger partial charge on any atom is 0.161 e. The zero-order valence-electron chi connectivity index (χ0n) is 71.5. The smallest absolute Gasteiger partial charge is 0.161 e. The van der Waals surface area contributed by atoms with Crippen molar-refractivity contribution in [3.8, 4) is 168 Å². The van der Waals surface area contributed by atoms with Crippen LogP contribution in [0.2, 0.25) is 0 Å². The molecule has 0 N–H and O–H groups in total. The first-order valence-corrected chi connectivity index (χ1v) is 44.0. The Morgan fingerprint density at radius 1 is 0.129 bits per heavy atom. The molecule has 0 aliphatic heterocycles. The molecule has 24 aromatic rings. The van der Waals surface area contributed by atoms with Crippen molar-refractivity contribution in [2.75, 3.05) is 0 Å². The van der Waals surface area contributed by atoms with E-state index in [9.17, 15) is 0 Å². The van der Waals surface area contributed by atoms with Crippen LogP contribution in [0.15, 0.2) is 481 Å². The average Bonchev–Trinajstić information content (AvgIpc) is 0.770. The van der Waals surface area contributed by atoms with Crippen LogP contribution in [0.1, 0.15) is 0 Å². The van der Waals surface area contributed by atoms with Crippen molar-refractivity contribution in [2.45, 2.75) is 0 Å². The lowest BCUT2D eigenvalue weighted by Crippen LogP contribution is -1.98. The standard InChI is InChI=1S/C41H27N3.2C40H26N4/c1-3-11-36-30(7-1)9-5-13-38(36)34-26-40(44-41(27-34)39-14-6-10-31-8-2-4-12-37(31)39)35-24-32(28-15-19-42-20-16-28)23-33(25-35)29-17-21-43-22-18-29;1-3-15-34-27(9-1)11-5-17-36(34)39-24-38(43-40(44-39)37-18-6-12-28-10-2-4-16-35(28)37)33-22-31(29-13-7-19-41-25-29)21-32(23-33)30-14-8-20-42-26-30;1-3-15-32-27(11-1)13-9-17-34(32)38-26-39(35-18-10-14-28-12-2-4-16-33(28)35)44-40(43-38)31-24-29(36-19-5-7-21-41-36)23-30(25-31)37-20-6-8-22-42-37/h1-27H;2*1-26H. The summed E-state index contributed by atoms with van der Waals surface area (Å²) in [5.74, 6) is 1.34. The minimum Gasteiger partial charge on any atom is -0.265 e. The lowest BCUT2D eigenvalue weighted by molar-refractivity contribution is 1.19. The van der Waals surface area contributed by atoms with Gasteiger partial charge in [0.05, 0.1) is 45.6 Å². The molecule has 0 spiro atoms. The minimum absolute atomic E-state index is 0.647. The molecular formula is C121H79N11. The van der Waals surface area contributed by atoms with E-state index in [0.717, 1.165) is 178 Å². The van der Waals surface area contributed by atoms with Crippen LogP contribution in [0.25, 0.3) is 233 Å². The Balaban J connectivity index is 0.000000116. The second-order valence-electron chi connectivity index (χ2n) is 32.5. The average molecular weight is 1690 g/mol.